The first-order valence-electron chi connectivity index (χ1n) is 21.0. The van der Waals surface area contributed by atoms with E-state index in [9.17, 15) is 0 Å². The molecule has 0 amide bonds. The fraction of sp³-hybridized carbons (Fsp3) is 0.0357. The van der Waals surface area contributed by atoms with Crippen molar-refractivity contribution in [2.75, 3.05) is 0 Å². The van der Waals surface area contributed by atoms with Gasteiger partial charge in [-0.1, -0.05) is 145 Å². The van der Waals surface area contributed by atoms with Gasteiger partial charge in [0.05, 0.1) is 27.8 Å². The minimum Gasteiger partial charge on any atom is -0.310 e. The molecular weight excluding hydrogens is 725 g/mol. The monoisotopic (exact) mass is 761 g/mol. The summed E-state index contributed by atoms with van der Waals surface area (Å²) in [5.41, 5.74) is 22.8. The molecule has 0 saturated heterocycles. The highest BCUT2D eigenvalue weighted by atomic mass is 15.1. The Kier molecular flexibility index (Phi) is 6.24. The Labute approximate surface area is 347 Å². The fourth-order valence-corrected chi connectivity index (χ4v) is 11.3. The minimum atomic E-state index is 0.0787. The summed E-state index contributed by atoms with van der Waals surface area (Å²) in [6.45, 7) is 4.61. The third kappa shape index (κ3) is 4.15. The van der Waals surface area contributed by atoms with Crippen molar-refractivity contribution in [3.05, 3.63) is 193 Å². The van der Waals surface area contributed by atoms with Crippen molar-refractivity contribution in [1.82, 2.24) is 13.7 Å². The Bertz CT molecular complexity index is 3600. The number of rotatable bonds is 3. The SMILES string of the molecule is Cc1cc2c3c(c1)c1ccccc1n3-c1cc(-n3c4cc(-c5ccccc5)ccc4c4ccc(-c5ccccc5)cc43)cc3c1B2c1cc(C)cc2c4ccccc4n-3c12. The molecule has 0 spiro atoms. The van der Waals surface area contributed by atoms with Crippen molar-refractivity contribution in [2.45, 2.75) is 13.8 Å². The maximum Gasteiger partial charge on any atom is 0.252 e. The quantitative estimate of drug-likeness (QED) is 0.159. The third-order valence-corrected chi connectivity index (χ3v) is 13.6. The molecule has 2 aliphatic heterocycles. The fourth-order valence-electron chi connectivity index (χ4n) is 11.3. The van der Waals surface area contributed by atoms with Gasteiger partial charge in [0.15, 0.2) is 0 Å². The summed E-state index contributed by atoms with van der Waals surface area (Å²) < 4.78 is 7.75. The number of fused-ring (bicyclic) bond motifs is 13. The topological polar surface area (TPSA) is 14.8 Å². The Balaban J connectivity index is 1.19. The summed E-state index contributed by atoms with van der Waals surface area (Å²) >= 11 is 0. The molecule has 0 bridgehead atoms. The van der Waals surface area contributed by atoms with Gasteiger partial charge in [-0.3, -0.25) is 0 Å². The predicted octanol–water partition coefficient (Wildman–Crippen LogP) is 12.1. The molecule has 60 heavy (non-hydrogen) atoms. The Hall–Kier alpha value is -7.56. The van der Waals surface area contributed by atoms with Crippen molar-refractivity contribution in [2.24, 2.45) is 0 Å². The van der Waals surface area contributed by atoms with Crippen LogP contribution >= 0.6 is 0 Å². The van der Waals surface area contributed by atoms with Crippen LogP contribution in [0.15, 0.2) is 182 Å². The second-order valence-electron chi connectivity index (χ2n) is 17.1. The van der Waals surface area contributed by atoms with E-state index in [1.54, 1.807) is 0 Å². The molecule has 5 heterocycles. The van der Waals surface area contributed by atoms with Crippen LogP contribution in [-0.2, 0) is 0 Å². The molecule has 0 N–H and O–H groups in total. The Morgan fingerprint density at radius 1 is 0.333 bits per heavy atom. The third-order valence-electron chi connectivity index (χ3n) is 13.6. The zero-order chi connectivity index (χ0) is 39.4. The molecule has 2 aliphatic rings. The average molecular weight is 762 g/mol. The highest BCUT2D eigenvalue weighted by Crippen LogP contribution is 2.43. The van der Waals surface area contributed by atoms with Crippen molar-refractivity contribution >= 4 is 88.5 Å². The number of aryl methyl sites for hydroxylation is 2. The largest absolute Gasteiger partial charge is 0.310 e. The van der Waals surface area contributed by atoms with Crippen molar-refractivity contribution in [3.63, 3.8) is 0 Å². The minimum absolute atomic E-state index is 0.0787. The van der Waals surface area contributed by atoms with Gasteiger partial charge in [-0.2, -0.15) is 0 Å². The van der Waals surface area contributed by atoms with Crippen LogP contribution in [0, 0.1) is 13.8 Å². The molecule has 3 nitrogen and oxygen atoms in total. The zero-order valence-electron chi connectivity index (χ0n) is 33.2. The summed E-state index contributed by atoms with van der Waals surface area (Å²) in [6, 6.07) is 68.5. The van der Waals surface area contributed by atoms with Gasteiger partial charge >= 0.3 is 0 Å². The lowest BCUT2D eigenvalue weighted by atomic mass is 9.34. The Morgan fingerprint density at radius 2 is 0.767 bits per heavy atom. The molecule has 14 rings (SSSR count). The summed E-state index contributed by atoms with van der Waals surface area (Å²) in [7, 11) is 0. The molecule has 0 unspecified atom stereocenters. The second kappa shape index (κ2) is 11.6. The van der Waals surface area contributed by atoms with Crippen molar-refractivity contribution in [1.29, 1.82) is 0 Å². The number of nitrogens with zero attached hydrogens (tertiary/aromatic N) is 3. The second-order valence-corrected chi connectivity index (χ2v) is 17.1. The number of benzene rings is 9. The number of hydrogen-bond donors (Lipinski definition) is 0. The van der Waals surface area contributed by atoms with Gasteiger partial charge in [-0.05, 0) is 101 Å². The van der Waals surface area contributed by atoms with Gasteiger partial charge in [0, 0.05) is 54.7 Å². The van der Waals surface area contributed by atoms with E-state index in [1.807, 2.05) is 0 Å². The van der Waals surface area contributed by atoms with Crippen LogP contribution in [0.2, 0.25) is 0 Å². The van der Waals surface area contributed by atoms with Gasteiger partial charge in [0.1, 0.15) is 0 Å². The Morgan fingerprint density at radius 3 is 1.25 bits per heavy atom. The lowest BCUT2D eigenvalue weighted by molar-refractivity contribution is 1.10. The maximum absolute atomic E-state index is 2.60. The first kappa shape index (κ1) is 32.4. The van der Waals surface area contributed by atoms with E-state index in [1.165, 1.54) is 127 Å². The number of para-hydroxylation sites is 2. The predicted molar refractivity (Wildman–Crippen MR) is 254 cm³/mol. The van der Waals surface area contributed by atoms with Crippen LogP contribution in [0.3, 0.4) is 0 Å². The van der Waals surface area contributed by atoms with E-state index in [4.69, 9.17) is 0 Å². The summed E-state index contributed by atoms with van der Waals surface area (Å²) in [5.74, 6) is 0. The van der Waals surface area contributed by atoms with Crippen LogP contribution in [0.5, 0.6) is 0 Å². The summed E-state index contributed by atoms with van der Waals surface area (Å²) in [6.07, 6.45) is 0. The zero-order valence-corrected chi connectivity index (χ0v) is 33.2. The molecule has 0 atom stereocenters. The normalized spacial score (nSPS) is 12.8. The number of hydrogen-bond acceptors (Lipinski definition) is 0. The molecule has 0 fully saturated rings. The molecule has 9 aromatic carbocycles. The molecule has 278 valence electrons. The van der Waals surface area contributed by atoms with Crippen LogP contribution in [0.4, 0.5) is 0 Å². The van der Waals surface area contributed by atoms with Gasteiger partial charge in [-0.25, -0.2) is 0 Å². The van der Waals surface area contributed by atoms with E-state index in [2.05, 4.69) is 210 Å². The van der Waals surface area contributed by atoms with Gasteiger partial charge in [0.25, 0.3) is 6.71 Å². The van der Waals surface area contributed by atoms with E-state index >= 15 is 0 Å². The summed E-state index contributed by atoms with van der Waals surface area (Å²) in [5, 5.41) is 7.74. The smallest absolute Gasteiger partial charge is 0.252 e. The molecule has 0 radical (unpaired) electrons. The van der Waals surface area contributed by atoms with Gasteiger partial charge in [-0.15, -0.1) is 0 Å². The van der Waals surface area contributed by atoms with Gasteiger partial charge < -0.3 is 13.7 Å². The first-order chi connectivity index (χ1) is 29.6. The molecule has 12 aromatic rings. The lowest BCUT2D eigenvalue weighted by Crippen LogP contribution is -2.59. The van der Waals surface area contributed by atoms with Crippen LogP contribution in [0.25, 0.3) is 105 Å². The van der Waals surface area contributed by atoms with Crippen molar-refractivity contribution in [3.8, 4) is 39.3 Å². The molecular formula is C56H36BN3. The van der Waals surface area contributed by atoms with Crippen molar-refractivity contribution < 1.29 is 0 Å². The lowest BCUT2D eigenvalue weighted by Gasteiger charge is -2.34. The maximum atomic E-state index is 2.60. The molecule has 4 heteroatoms. The van der Waals surface area contributed by atoms with E-state index in [-0.39, 0.29) is 6.71 Å². The van der Waals surface area contributed by atoms with Crippen LogP contribution in [0.1, 0.15) is 11.1 Å². The first-order valence-corrected chi connectivity index (χ1v) is 21.0. The van der Waals surface area contributed by atoms with Crippen LogP contribution < -0.4 is 16.4 Å². The van der Waals surface area contributed by atoms with E-state index < -0.39 is 0 Å². The van der Waals surface area contributed by atoms with Gasteiger partial charge in [0.2, 0.25) is 0 Å². The average Bonchev–Trinajstić information content (AvgIpc) is 3.92. The van der Waals surface area contributed by atoms with Crippen LogP contribution in [-0.4, -0.2) is 20.4 Å². The molecule has 3 aromatic heterocycles. The summed E-state index contributed by atoms with van der Waals surface area (Å²) in [4.78, 5) is 0. The van der Waals surface area contributed by atoms with E-state index in [0.29, 0.717) is 0 Å². The highest BCUT2D eigenvalue weighted by Gasteiger charge is 2.41. The highest BCUT2D eigenvalue weighted by molar-refractivity contribution is 7.00. The standard InChI is InChI=1S/C56H36BN3/c1-33-25-44-40-17-9-11-19-48(40)59-52-31-39(32-53-54(52)57(46(27-33)55(44)59)47-28-34(2)26-45-41-18-10-12-20-49(41)60(53)56(45)47)58-50-29-37(35-13-5-3-6-14-35)21-23-42(50)43-24-22-38(30-51(43)58)36-15-7-4-8-16-36/h3-32H,1-2H3. The van der Waals surface area contributed by atoms with E-state index in [0.717, 1.165) is 5.69 Å². The number of aromatic nitrogens is 3. The molecule has 0 aliphatic carbocycles. The molecule has 0 saturated carbocycles.